The maximum Gasteiger partial charge on any atom is 0.226 e. The van der Waals surface area contributed by atoms with E-state index < -0.39 is 0 Å². The van der Waals surface area contributed by atoms with E-state index in [4.69, 9.17) is 4.74 Å². The van der Waals surface area contributed by atoms with Crippen LogP contribution in [-0.4, -0.2) is 27.8 Å². The Morgan fingerprint density at radius 1 is 1.28 bits per heavy atom. The van der Waals surface area contributed by atoms with E-state index in [1.807, 2.05) is 41.2 Å². The van der Waals surface area contributed by atoms with Crippen LogP contribution < -0.4 is 10.1 Å². The Morgan fingerprint density at radius 2 is 2.12 bits per heavy atom. The van der Waals surface area contributed by atoms with Crippen LogP contribution in [0.5, 0.6) is 5.88 Å². The van der Waals surface area contributed by atoms with E-state index in [0.29, 0.717) is 24.7 Å². The minimum atomic E-state index is -0.0508. The summed E-state index contributed by atoms with van der Waals surface area (Å²) in [6, 6.07) is 13.9. The predicted octanol–water partition coefficient (Wildman–Crippen LogP) is 2.81. The number of nitrogens with one attached hydrogen (secondary N) is 1. The lowest BCUT2D eigenvalue weighted by atomic mass is 9.88. The van der Waals surface area contributed by atoms with Crippen LogP contribution in [0, 0.1) is 0 Å². The van der Waals surface area contributed by atoms with Crippen LogP contribution in [0.3, 0.4) is 0 Å². The monoisotopic (exact) mass is 334 g/mol. The van der Waals surface area contributed by atoms with Gasteiger partial charge in [-0.15, -0.1) is 0 Å². The number of ether oxygens (including phenoxy) is 1. The first-order valence-electron chi connectivity index (χ1n) is 8.14. The van der Waals surface area contributed by atoms with E-state index in [1.54, 1.807) is 13.3 Å². The molecule has 1 aliphatic heterocycles. The second-order valence-corrected chi connectivity index (χ2v) is 6.05. The van der Waals surface area contributed by atoms with Crippen molar-refractivity contribution in [1.29, 1.82) is 0 Å². The summed E-state index contributed by atoms with van der Waals surface area (Å²) < 4.78 is 7.08. The summed E-state index contributed by atoms with van der Waals surface area (Å²) in [5.74, 6) is 1.10. The average Bonchev–Trinajstić information content (AvgIpc) is 3.04. The molecule has 0 radical (unpaired) electrons. The number of aromatic nitrogens is 3. The minimum Gasteiger partial charge on any atom is -0.481 e. The number of fused-ring (bicyclic) bond motifs is 1. The number of hydrogen-bond acceptors (Lipinski definition) is 4. The Labute approximate surface area is 145 Å². The van der Waals surface area contributed by atoms with E-state index in [2.05, 4.69) is 27.5 Å². The highest BCUT2D eigenvalue weighted by Gasteiger charge is 2.29. The molecule has 2 aromatic heterocycles. The van der Waals surface area contributed by atoms with Crippen LogP contribution in [0.2, 0.25) is 0 Å². The number of nitrogens with zero attached hydrogens (tertiary/aromatic N) is 3. The molecular formula is C19H18N4O2. The third kappa shape index (κ3) is 3.10. The van der Waals surface area contributed by atoms with Crippen LogP contribution in [-0.2, 0) is 11.3 Å². The Kier molecular flexibility index (Phi) is 3.93. The Balaban J connectivity index is 1.69. The molecule has 1 N–H and O–H groups in total. The van der Waals surface area contributed by atoms with Gasteiger partial charge in [-0.25, -0.2) is 4.98 Å². The van der Waals surface area contributed by atoms with Crippen molar-refractivity contribution >= 4 is 11.7 Å². The van der Waals surface area contributed by atoms with E-state index in [0.717, 1.165) is 16.7 Å². The Morgan fingerprint density at radius 3 is 2.92 bits per heavy atom. The van der Waals surface area contributed by atoms with E-state index in [1.165, 1.54) is 0 Å². The number of rotatable bonds is 4. The predicted molar refractivity (Wildman–Crippen MR) is 93.6 cm³/mol. The molecule has 3 heterocycles. The van der Waals surface area contributed by atoms with Gasteiger partial charge in [0.25, 0.3) is 0 Å². The lowest BCUT2D eigenvalue weighted by Crippen LogP contribution is -2.23. The maximum atomic E-state index is 12.1. The molecule has 0 spiro atoms. The van der Waals surface area contributed by atoms with Crippen LogP contribution in [0.15, 0.2) is 54.9 Å². The Hall–Kier alpha value is -3.15. The van der Waals surface area contributed by atoms with Gasteiger partial charge in [-0.05, 0) is 17.2 Å². The van der Waals surface area contributed by atoms with Gasteiger partial charge in [-0.3, -0.25) is 9.48 Å². The molecule has 1 atom stereocenters. The molecule has 6 nitrogen and oxygen atoms in total. The highest BCUT2D eigenvalue weighted by Crippen LogP contribution is 2.37. The molecule has 1 aromatic carbocycles. The summed E-state index contributed by atoms with van der Waals surface area (Å²) in [5, 5.41) is 7.43. The first-order valence-corrected chi connectivity index (χ1v) is 8.14. The molecule has 1 aliphatic rings. The first-order chi connectivity index (χ1) is 12.2. The van der Waals surface area contributed by atoms with Crippen molar-refractivity contribution in [2.75, 3.05) is 12.4 Å². The van der Waals surface area contributed by atoms with Gasteiger partial charge in [0.2, 0.25) is 11.8 Å². The zero-order valence-electron chi connectivity index (χ0n) is 13.8. The number of pyridine rings is 1. The van der Waals surface area contributed by atoms with Crippen LogP contribution in [0.1, 0.15) is 29.0 Å². The van der Waals surface area contributed by atoms with Crippen molar-refractivity contribution in [2.45, 2.75) is 18.9 Å². The standard InChI is InChI=1S/C19H18N4O2/c1-25-18-9-14(7-8-20-18)15-10-17(24)21-19-16(15)12-23(22-19)11-13-5-3-2-4-6-13/h2-9,12,15H,10-11H2,1H3,(H,21,22,24). The summed E-state index contributed by atoms with van der Waals surface area (Å²) >= 11 is 0. The maximum absolute atomic E-state index is 12.1. The number of hydrogen-bond donors (Lipinski definition) is 1. The number of carbonyl (C=O) groups excluding carboxylic acids is 1. The fraction of sp³-hybridized carbons (Fsp3) is 0.211. The summed E-state index contributed by atoms with van der Waals surface area (Å²) in [6.45, 7) is 0.663. The quantitative estimate of drug-likeness (QED) is 0.796. The summed E-state index contributed by atoms with van der Waals surface area (Å²) in [6.07, 6.45) is 4.10. The molecule has 0 saturated carbocycles. The van der Waals surface area contributed by atoms with Crippen LogP contribution in [0.4, 0.5) is 5.82 Å². The molecule has 0 fully saturated rings. The van der Waals surface area contributed by atoms with Gasteiger partial charge in [0, 0.05) is 36.4 Å². The molecule has 1 amide bonds. The number of methoxy groups -OCH3 is 1. The summed E-state index contributed by atoms with van der Waals surface area (Å²) in [5.41, 5.74) is 3.18. The van der Waals surface area contributed by atoms with Gasteiger partial charge in [0.1, 0.15) is 0 Å². The van der Waals surface area contributed by atoms with Crippen molar-refractivity contribution < 1.29 is 9.53 Å². The Bertz CT molecular complexity index is 905. The minimum absolute atomic E-state index is 0.0294. The van der Waals surface area contributed by atoms with E-state index >= 15 is 0 Å². The lowest BCUT2D eigenvalue weighted by Gasteiger charge is -2.21. The molecule has 4 rings (SSSR count). The first kappa shape index (κ1) is 15.4. The third-order valence-corrected chi connectivity index (χ3v) is 4.37. The lowest BCUT2D eigenvalue weighted by molar-refractivity contribution is -0.116. The molecule has 0 bridgehead atoms. The van der Waals surface area contributed by atoms with Gasteiger partial charge < -0.3 is 10.1 Å². The number of carbonyl (C=O) groups is 1. The van der Waals surface area contributed by atoms with Crippen molar-refractivity contribution in [3.05, 3.63) is 71.5 Å². The zero-order valence-corrected chi connectivity index (χ0v) is 13.8. The van der Waals surface area contributed by atoms with E-state index in [9.17, 15) is 4.79 Å². The SMILES string of the molecule is COc1cc(C2CC(=O)Nc3nn(Cc4ccccc4)cc32)ccn1. The molecular weight excluding hydrogens is 316 g/mol. The van der Waals surface area contributed by atoms with Gasteiger partial charge in [-0.2, -0.15) is 5.10 Å². The van der Waals surface area contributed by atoms with Crippen molar-refractivity contribution in [2.24, 2.45) is 0 Å². The van der Waals surface area contributed by atoms with Crippen LogP contribution in [0.25, 0.3) is 0 Å². The fourth-order valence-corrected chi connectivity index (χ4v) is 3.17. The third-order valence-electron chi connectivity index (χ3n) is 4.37. The fourth-order valence-electron chi connectivity index (χ4n) is 3.17. The normalized spacial score (nSPS) is 16.2. The van der Waals surface area contributed by atoms with Gasteiger partial charge >= 0.3 is 0 Å². The zero-order chi connectivity index (χ0) is 17.2. The smallest absolute Gasteiger partial charge is 0.226 e. The van der Waals surface area contributed by atoms with Crippen molar-refractivity contribution in [1.82, 2.24) is 14.8 Å². The summed E-state index contributed by atoms with van der Waals surface area (Å²) in [4.78, 5) is 16.3. The largest absolute Gasteiger partial charge is 0.481 e. The summed E-state index contributed by atoms with van der Waals surface area (Å²) in [7, 11) is 1.59. The van der Waals surface area contributed by atoms with Crippen molar-refractivity contribution in [3.8, 4) is 5.88 Å². The molecule has 25 heavy (non-hydrogen) atoms. The molecule has 6 heteroatoms. The highest BCUT2D eigenvalue weighted by atomic mass is 16.5. The van der Waals surface area contributed by atoms with Gasteiger partial charge in [-0.1, -0.05) is 30.3 Å². The number of benzene rings is 1. The highest BCUT2D eigenvalue weighted by molar-refractivity contribution is 5.94. The van der Waals surface area contributed by atoms with Crippen LogP contribution >= 0.6 is 0 Å². The van der Waals surface area contributed by atoms with Gasteiger partial charge in [0.05, 0.1) is 13.7 Å². The molecule has 126 valence electrons. The molecule has 0 saturated heterocycles. The number of anilines is 1. The molecule has 3 aromatic rings. The number of amides is 1. The average molecular weight is 334 g/mol. The van der Waals surface area contributed by atoms with E-state index in [-0.39, 0.29) is 11.8 Å². The van der Waals surface area contributed by atoms with Gasteiger partial charge in [0.15, 0.2) is 5.82 Å². The second kappa shape index (κ2) is 6.39. The molecule has 0 aliphatic carbocycles. The topological polar surface area (TPSA) is 69.0 Å². The van der Waals surface area contributed by atoms with Crippen molar-refractivity contribution in [3.63, 3.8) is 0 Å². The molecule has 1 unspecified atom stereocenters. The second-order valence-electron chi connectivity index (χ2n) is 6.05.